The maximum atomic E-state index is 12.8. The summed E-state index contributed by atoms with van der Waals surface area (Å²) in [5.41, 5.74) is 4.50. The van der Waals surface area contributed by atoms with Gasteiger partial charge < -0.3 is 4.57 Å². The van der Waals surface area contributed by atoms with Crippen molar-refractivity contribution in [1.82, 2.24) is 29.3 Å². The summed E-state index contributed by atoms with van der Waals surface area (Å²) in [5, 5.41) is 7.56. The first-order valence-electron chi connectivity index (χ1n) is 8.18. The first kappa shape index (κ1) is 16.6. The zero-order valence-electron chi connectivity index (χ0n) is 14.7. The second-order valence-corrected chi connectivity index (χ2v) is 7.03. The van der Waals surface area contributed by atoms with Crippen LogP contribution in [0.25, 0.3) is 17.0 Å². The summed E-state index contributed by atoms with van der Waals surface area (Å²) in [6, 6.07) is 9.86. The van der Waals surface area contributed by atoms with Crippen LogP contribution in [0, 0.1) is 13.8 Å². The molecule has 0 atom stereocenters. The molecule has 132 valence electrons. The molecule has 3 heterocycles. The van der Waals surface area contributed by atoms with E-state index in [2.05, 4.69) is 20.2 Å². The van der Waals surface area contributed by atoms with E-state index in [0.717, 1.165) is 27.6 Å². The number of para-hydroxylation sites is 2. The van der Waals surface area contributed by atoms with Crippen molar-refractivity contribution in [2.24, 2.45) is 7.05 Å². The van der Waals surface area contributed by atoms with Gasteiger partial charge in [-0.1, -0.05) is 23.9 Å². The van der Waals surface area contributed by atoms with Crippen molar-refractivity contribution in [3.8, 4) is 5.95 Å². The molecule has 0 aliphatic rings. The fraction of sp³-hybridized carbons (Fsp3) is 0.222. The van der Waals surface area contributed by atoms with Crippen LogP contribution in [-0.2, 0) is 7.05 Å². The van der Waals surface area contributed by atoms with Gasteiger partial charge in [-0.15, -0.1) is 0 Å². The van der Waals surface area contributed by atoms with Crippen LogP contribution in [-0.4, -0.2) is 40.8 Å². The molecule has 0 amide bonds. The average molecular weight is 366 g/mol. The first-order chi connectivity index (χ1) is 12.6. The van der Waals surface area contributed by atoms with Crippen LogP contribution in [0.4, 0.5) is 0 Å². The molecule has 0 unspecified atom stereocenters. The van der Waals surface area contributed by atoms with Crippen molar-refractivity contribution < 1.29 is 4.79 Å². The fourth-order valence-electron chi connectivity index (χ4n) is 3.14. The van der Waals surface area contributed by atoms with E-state index >= 15 is 0 Å². The number of benzene rings is 1. The lowest BCUT2D eigenvalue weighted by atomic mass is 10.2. The summed E-state index contributed by atoms with van der Waals surface area (Å²) >= 11 is 1.45. The van der Waals surface area contributed by atoms with Gasteiger partial charge in [0, 0.05) is 24.0 Å². The number of aromatic nitrogens is 6. The number of nitrogens with zero attached hydrogens (tertiary/aromatic N) is 5. The van der Waals surface area contributed by atoms with Gasteiger partial charge in [-0.2, -0.15) is 10.1 Å². The van der Waals surface area contributed by atoms with Gasteiger partial charge in [-0.3, -0.25) is 9.36 Å². The number of aromatic amines is 1. The minimum Gasteiger partial charge on any atom is -0.322 e. The maximum Gasteiger partial charge on any atom is 0.229 e. The van der Waals surface area contributed by atoms with E-state index in [-0.39, 0.29) is 5.78 Å². The number of thioether (sulfide) groups is 1. The first-order valence-corrected chi connectivity index (χ1v) is 9.17. The predicted molar refractivity (Wildman–Crippen MR) is 101 cm³/mol. The van der Waals surface area contributed by atoms with Crippen LogP contribution < -0.4 is 0 Å². The van der Waals surface area contributed by atoms with Crippen LogP contribution in [0.3, 0.4) is 0 Å². The third kappa shape index (κ3) is 2.72. The topological polar surface area (TPSA) is 81.4 Å². The van der Waals surface area contributed by atoms with Gasteiger partial charge in [0.2, 0.25) is 5.95 Å². The number of hydrogen-bond acceptors (Lipinski definition) is 5. The number of carbonyl (C=O) groups excluding carboxylic acids is 1. The van der Waals surface area contributed by atoms with Gasteiger partial charge >= 0.3 is 0 Å². The Morgan fingerprint density at radius 3 is 2.81 bits per heavy atom. The molecular weight excluding hydrogens is 348 g/mol. The molecule has 1 aromatic carbocycles. The van der Waals surface area contributed by atoms with Crippen molar-refractivity contribution in [2.75, 3.05) is 5.75 Å². The number of rotatable bonds is 5. The SMILES string of the molecule is Cc1cc(C(=O)CSc2nc3ccccc3n2C)c(C)n1-c1ncn[nH]1. The summed E-state index contributed by atoms with van der Waals surface area (Å²) in [6.07, 6.45) is 1.46. The Morgan fingerprint density at radius 1 is 1.27 bits per heavy atom. The summed E-state index contributed by atoms with van der Waals surface area (Å²) in [5.74, 6) is 1.01. The summed E-state index contributed by atoms with van der Waals surface area (Å²) < 4.78 is 3.92. The van der Waals surface area contributed by atoms with Crippen LogP contribution in [0.15, 0.2) is 41.8 Å². The molecule has 8 heteroatoms. The number of carbonyl (C=O) groups is 1. The van der Waals surface area contributed by atoms with Crippen molar-refractivity contribution in [1.29, 1.82) is 0 Å². The van der Waals surface area contributed by atoms with E-state index in [4.69, 9.17) is 0 Å². The number of Topliss-reactive ketones (excluding diaryl/α,β-unsaturated/α-hetero) is 1. The Balaban J connectivity index is 1.57. The normalized spacial score (nSPS) is 11.3. The van der Waals surface area contributed by atoms with E-state index in [0.29, 0.717) is 17.3 Å². The Hall–Kier alpha value is -2.87. The van der Waals surface area contributed by atoms with Gasteiger partial charge in [0.1, 0.15) is 6.33 Å². The highest BCUT2D eigenvalue weighted by Crippen LogP contribution is 2.25. The highest BCUT2D eigenvalue weighted by Gasteiger charge is 2.19. The second-order valence-electron chi connectivity index (χ2n) is 6.08. The molecular formula is C18H18N6OS. The van der Waals surface area contributed by atoms with Crippen LogP contribution >= 0.6 is 11.8 Å². The molecule has 0 spiro atoms. The Labute approximate surface area is 154 Å². The third-order valence-corrected chi connectivity index (χ3v) is 5.45. The fourth-order valence-corrected chi connectivity index (χ4v) is 4.01. The highest BCUT2D eigenvalue weighted by molar-refractivity contribution is 7.99. The lowest BCUT2D eigenvalue weighted by Crippen LogP contribution is -2.07. The number of fused-ring (bicyclic) bond motifs is 1. The van der Waals surface area contributed by atoms with Crippen molar-refractivity contribution in [3.63, 3.8) is 0 Å². The van der Waals surface area contributed by atoms with Crippen molar-refractivity contribution >= 4 is 28.6 Å². The average Bonchev–Trinajstić information content (AvgIpc) is 3.33. The molecule has 7 nitrogen and oxygen atoms in total. The van der Waals surface area contributed by atoms with Gasteiger partial charge in [-0.25, -0.2) is 10.1 Å². The summed E-state index contributed by atoms with van der Waals surface area (Å²) in [7, 11) is 1.97. The highest BCUT2D eigenvalue weighted by atomic mass is 32.2. The zero-order valence-corrected chi connectivity index (χ0v) is 15.5. The van der Waals surface area contributed by atoms with Gasteiger partial charge in [0.05, 0.1) is 16.8 Å². The number of H-pyrrole nitrogens is 1. The zero-order chi connectivity index (χ0) is 18.3. The van der Waals surface area contributed by atoms with Crippen LogP contribution in [0.5, 0.6) is 0 Å². The summed E-state index contributed by atoms with van der Waals surface area (Å²) in [4.78, 5) is 21.6. The molecule has 0 bridgehead atoms. The number of ketones is 1. The number of nitrogens with one attached hydrogen (secondary N) is 1. The van der Waals surface area contributed by atoms with E-state index < -0.39 is 0 Å². The number of imidazole rings is 1. The van der Waals surface area contributed by atoms with Gasteiger partial charge in [-0.05, 0) is 32.0 Å². The quantitative estimate of drug-likeness (QED) is 0.434. The minimum atomic E-state index is 0.0703. The molecule has 0 aliphatic heterocycles. The molecule has 0 aliphatic carbocycles. The second kappa shape index (κ2) is 6.45. The Morgan fingerprint density at radius 2 is 2.08 bits per heavy atom. The smallest absolute Gasteiger partial charge is 0.229 e. The van der Waals surface area contributed by atoms with Gasteiger partial charge in [0.25, 0.3) is 0 Å². The standard InChI is InChI=1S/C18H18N6OS/c1-11-8-13(12(2)24(11)17-19-10-20-22-17)16(25)9-26-18-21-14-6-4-5-7-15(14)23(18)3/h4-8,10H,9H2,1-3H3,(H,19,20,22). The maximum absolute atomic E-state index is 12.8. The van der Waals surface area contributed by atoms with Crippen molar-refractivity contribution in [3.05, 3.63) is 53.6 Å². The van der Waals surface area contributed by atoms with E-state index in [9.17, 15) is 4.79 Å². The minimum absolute atomic E-state index is 0.0703. The van der Waals surface area contributed by atoms with E-state index in [1.54, 1.807) is 0 Å². The molecule has 3 aromatic heterocycles. The van der Waals surface area contributed by atoms with Crippen molar-refractivity contribution in [2.45, 2.75) is 19.0 Å². The van der Waals surface area contributed by atoms with E-state index in [1.807, 2.05) is 60.4 Å². The Kier molecular flexibility index (Phi) is 4.12. The van der Waals surface area contributed by atoms with Crippen LogP contribution in [0.1, 0.15) is 21.7 Å². The molecule has 1 N–H and O–H groups in total. The monoisotopic (exact) mass is 366 g/mol. The Bertz CT molecular complexity index is 1090. The molecule has 0 fully saturated rings. The van der Waals surface area contributed by atoms with Gasteiger partial charge in [0.15, 0.2) is 10.9 Å². The lowest BCUT2D eigenvalue weighted by molar-refractivity contribution is 0.102. The predicted octanol–water partition coefficient (Wildman–Crippen LogP) is 3.07. The molecule has 4 aromatic rings. The van der Waals surface area contributed by atoms with E-state index in [1.165, 1.54) is 18.1 Å². The molecule has 4 rings (SSSR count). The third-order valence-electron chi connectivity index (χ3n) is 4.42. The van der Waals surface area contributed by atoms with Crippen LogP contribution in [0.2, 0.25) is 0 Å². The molecule has 0 saturated heterocycles. The number of hydrogen-bond donors (Lipinski definition) is 1. The largest absolute Gasteiger partial charge is 0.322 e. The molecule has 0 saturated carbocycles. The summed E-state index contributed by atoms with van der Waals surface area (Å²) in [6.45, 7) is 3.87. The lowest BCUT2D eigenvalue weighted by Gasteiger charge is -2.05. The molecule has 0 radical (unpaired) electrons. The number of aryl methyl sites for hydroxylation is 2. The molecule has 26 heavy (non-hydrogen) atoms.